The number of amidine groups is 1. The van der Waals surface area contributed by atoms with E-state index in [0.29, 0.717) is 5.92 Å². The van der Waals surface area contributed by atoms with Gasteiger partial charge in [-0.05, 0) is 50.2 Å². The first-order valence-corrected chi connectivity index (χ1v) is 10.3. The number of fused-ring (bicyclic) bond motifs is 1. The lowest BCUT2D eigenvalue weighted by atomic mass is 9.89. The van der Waals surface area contributed by atoms with E-state index in [1.54, 1.807) is 23.9 Å². The SMILES string of the molecule is CC(C)CN1C(=Nc2ccc([N+](=O)[O-])c3c2CCCC3)SC[C@@H]1C(C)O. The smallest absolute Gasteiger partial charge is 0.273 e. The molecule has 0 aromatic heterocycles. The van der Waals surface area contributed by atoms with E-state index < -0.39 is 6.10 Å². The molecule has 0 saturated carbocycles. The minimum Gasteiger partial charge on any atom is -0.391 e. The predicted molar refractivity (Wildman–Crippen MR) is 106 cm³/mol. The van der Waals surface area contributed by atoms with Gasteiger partial charge in [-0.15, -0.1) is 0 Å². The van der Waals surface area contributed by atoms with Crippen molar-refractivity contribution in [3.8, 4) is 0 Å². The van der Waals surface area contributed by atoms with Gasteiger partial charge in [-0.3, -0.25) is 10.1 Å². The highest BCUT2D eigenvalue weighted by molar-refractivity contribution is 8.14. The van der Waals surface area contributed by atoms with E-state index in [2.05, 4.69) is 18.7 Å². The number of nitrogens with zero attached hydrogens (tertiary/aromatic N) is 3. The van der Waals surface area contributed by atoms with Crippen LogP contribution < -0.4 is 0 Å². The van der Waals surface area contributed by atoms with Crippen LogP contribution in [0.15, 0.2) is 17.1 Å². The molecule has 6 nitrogen and oxygen atoms in total. The monoisotopic (exact) mass is 377 g/mol. The van der Waals surface area contributed by atoms with Gasteiger partial charge in [-0.1, -0.05) is 25.6 Å². The van der Waals surface area contributed by atoms with E-state index in [1.165, 1.54) is 0 Å². The number of nitro benzene ring substituents is 1. The average molecular weight is 378 g/mol. The Labute approximate surface area is 158 Å². The quantitative estimate of drug-likeness (QED) is 0.621. The van der Waals surface area contributed by atoms with Crippen LogP contribution in [0.3, 0.4) is 0 Å². The zero-order chi connectivity index (χ0) is 18.8. The maximum Gasteiger partial charge on any atom is 0.273 e. The summed E-state index contributed by atoms with van der Waals surface area (Å²) in [6, 6.07) is 3.45. The number of hydrogen-bond donors (Lipinski definition) is 1. The van der Waals surface area contributed by atoms with Crippen molar-refractivity contribution in [2.75, 3.05) is 12.3 Å². The van der Waals surface area contributed by atoms with Crippen LogP contribution >= 0.6 is 11.8 Å². The third-order valence-corrected chi connectivity index (χ3v) is 6.14. The fraction of sp³-hybridized carbons (Fsp3) is 0.632. The summed E-state index contributed by atoms with van der Waals surface area (Å²) in [6.07, 6.45) is 3.22. The minimum absolute atomic E-state index is 0.0648. The van der Waals surface area contributed by atoms with Crippen LogP contribution in [0.4, 0.5) is 11.4 Å². The normalized spacial score (nSPS) is 22.7. The predicted octanol–water partition coefficient (Wildman–Crippen LogP) is 3.92. The molecule has 0 spiro atoms. The molecule has 1 aliphatic heterocycles. The molecular weight excluding hydrogens is 350 g/mol. The maximum atomic E-state index is 11.3. The van der Waals surface area contributed by atoms with Gasteiger partial charge < -0.3 is 10.0 Å². The van der Waals surface area contributed by atoms with E-state index in [4.69, 9.17) is 4.99 Å². The number of aliphatic hydroxyl groups excluding tert-OH is 1. The topological polar surface area (TPSA) is 79.0 Å². The average Bonchev–Trinajstić information content (AvgIpc) is 2.97. The van der Waals surface area contributed by atoms with Gasteiger partial charge in [-0.2, -0.15) is 0 Å². The second-order valence-corrected chi connectivity index (χ2v) is 8.57. The van der Waals surface area contributed by atoms with Gasteiger partial charge in [-0.25, -0.2) is 4.99 Å². The Balaban J connectivity index is 1.99. The summed E-state index contributed by atoms with van der Waals surface area (Å²) in [5.74, 6) is 1.28. The Bertz CT molecular complexity index is 718. The molecule has 1 aromatic rings. The molecule has 142 valence electrons. The molecule has 3 rings (SSSR count). The van der Waals surface area contributed by atoms with Gasteiger partial charge in [0.05, 0.1) is 22.8 Å². The zero-order valence-electron chi connectivity index (χ0n) is 15.6. The number of benzene rings is 1. The van der Waals surface area contributed by atoms with Crippen LogP contribution in [0.5, 0.6) is 0 Å². The second-order valence-electron chi connectivity index (χ2n) is 7.58. The third kappa shape index (κ3) is 3.88. The number of aliphatic imine (C=N–C) groups is 1. The number of hydrogen-bond acceptors (Lipinski definition) is 5. The molecule has 1 N–H and O–H groups in total. The Morgan fingerprint density at radius 2 is 2.00 bits per heavy atom. The Kier molecular flexibility index (Phi) is 5.87. The number of nitro groups is 1. The van der Waals surface area contributed by atoms with Gasteiger partial charge in [0, 0.05) is 23.9 Å². The van der Waals surface area contributed by atoms with Gasteiger partial charge in [0.2, 0.25) is 0 Å². The van der Waals surface area contributed by atoms with Gasteiger partial charge in [0.1, 0.15) is 0 Å². The summed E-state index contributed by atoms with van der Waals surface area (Å²) in [6.45, 7) is 6.99. The molecule has 0 amide bonds. The molecule has 1 heterocycles. The van der Waals surface area contributed by atoms with Crippen LogP contribution in [-0.2, 0) is 12.8 Å². The van der Waals surface area contributed by atoms with E-state index in [-0.39, 0.29) is 16.7 Å². The number of rotatable bonds is 5. The van der Waals surface area contributed by atoms with Crippen molar-refractivity contribution < 1.29 is 10.0 Å². The first-order chi connectivity index (χ1) is 12.4. The third-order valence-electron chi connectivity index (χ3n) is 5.05. The summed E-state index contributed by atoms with van der Waals surface area (Å²) in [4.78, 5) is 18.2. The van der Waals surface area contributed by atoms with E-state index in [1.807, 2.05) is 6.92 Å². The molecule has 7 heteroatoms. The molecule has 1 aromatic carbocycles. The lowest BCUT2D eigenvalue weighted by Crippen LogP contribution is -2.43. The highest BCUT2D eigenvalue weighted by Crippen LogP contribution is 2.38. The van der Waals surface area contributed by atoms with E-state index in [9.17, 15) is 15.2 Å². The zero-order valence-corrected chi connectivity index (χ0v) is 16.5. The Morgan fingerprint density at radius 3 is 2.62 bits per heavy atom. The van der Waals surface area contributed by atoms with Gasteiger partial charge in [0.25, 0.3) is 5.69 Å². The molecule has 1 saturated heterocycles. The first kappa shape index (κ1) is 19.2. The summed E-state index contributed by atoms with van der Waals surface area (Å²) in [5, 5.41) is 22.4. The maximum absolute atomic E-state index is 11.3. The standard InChI is InChI=1S/C19H27N3O3S/c1-12(2)10-21-18(13(3)23)11-26-19(21)20-16-8-9-17(22(24)25)15-7-5-4-6-14(15)16/h8-9,12-13,18,23H,4-7,10-11H2,1-3H3/t13?,18-/m1/s1. The van der Waals surface area contributed by atoms with E-state index in [0.717, 1.165) is 60.0 Å². The van der Waals surface area contributed by atoms with Crippen molar-refractivity contribution in [1.29, 1.82) is 0 Å². The largest absolute Gasteiger partial charge is 0.391 e. The lowest BCUT2D eigenvalue weighted by Gasteiger charge is -2.29. The molecule has 1 fully saturated rings. The van der Waals surface area contributed by atoms with Crippen molar-refractivity contribution in [1.82, 2.24) is 4.90 Å². The molecule has 0 radical (unpaired) electrons. The fourth-order valence-corrected chi connectivity index (χ4v) is 5.10. The first-order valence-electron chi connectivity index (χ1n) is 9.33. The summed E-state index contributed by atoms with van der Waals surface area (Å²) < 4.78 is 0. The van der Waals surface area contributed by atoms with Crippen molar-refractivity contribution in [2.45, 2.75) is 58.6 Å². The van der Waals surface area contributed by atoms with Crippen LogP contribution in [0.2, 0.25) is 0 Å². The Morgan fingerprint density at radius 1 is 1.31 bits per heavy atom. The van der Waals surface area contributed by atoms with Crippen molar-refractivity contribution >= 4 is 28.3 Å². The summed E-state index contributed by atoms with van der Waals surface area (Å²) in [5.41, 5.74) is 2.97. The second kappa shape index (κ2) is 7.96. The van der Waals surface area contributed by atoms with Crippen LogP contribution in [0, 0.1) is 16.0 Å². The Hall–Kier alpha value is -1.60. The summed E-state index contributed by atoms with van der Waals surface area (Å²) >= 11 is 1.67. The number of aliphatic hydroxyl groups is 1. The summed E-state index contributed by atoms with van der Waals surface area (Å²) in [7, 11) is 0. The molecule has 26 heavy (non-hydrogen) atoms. The van der Waals surface area contributed by atoms with Gasteiger partial charge in [0.15, 0.2) is 5.17 Å². The van der Waals surface area contributed by atoms with Crippen molar-refractivity contribution in [3.05, 3.63) is 33.4 Å². The fourth-order valence-electron chi connectivity index (χ4n) is 3.79. The minimum atomic E-state index is -0.417. The number of thioether (sulfide) groups is 1. The molecule has 1 unspecified atom stereocenters. The highest BCUT2D eigenvalue weighted by atomic mass is 32.2. The van der Waals surface area contributed by atoms with Crippen molar-refractivity contribution in [2.24, 2.45) is 10.9 Å². The molecule has 2 aliphatic rings. The van der Waals surface area contributed by atoms with Crippen LogP contribution in [0.25, 0.3) is 0 Å². The molecule has 0 bridgehead atoms. The van der Waals surface area contributed by atoms with Crippen LogP contribution in [-0.4, -0.2) is 44.5 Å². The molecule has 2 atom stereocenters. The molecular formula is C19H27N3O3S. The lowest BCUT2D eigenvalue weighted by molar-refractivity contribution is -0.385. The molecule has 1 aliphatic carbocycles. The van der Waals surface area contributed by atoms with E-state index >= 15 is 0 Å². The van der Waals surface area contributed by atoms with Crippen LogP contribution in [0.1, 0.15) is 44.7 Å². The van der Waals surface area contributed by atoms with Gasteiger partial charge >= 0.3 is 0 Å². The van der Waals surface area contributed by atoms with Crippen molar-refractivity contribution in [3.63, 3.8) is 0 Å². The highest BCUT2D eigenvalue weighted by Gasteiger charge is 2.34.